The molecule has 0 fully saturated rings. The quantitative estimate of drug-likeness (QED) is 0.656. The maximum absolute atomic E-state index is 9.60. The van der Waals surface area contributed by atoms with Gasteiger partial charge in [0.05, 0.1) is 5.71 Å². The van der Waals surface area contributed by atoms with E-state index in [9.17, 15) is 10.3 Å². The summed E-state index contributed by atoms with van der Waals surface area (Å²) in [7, 11) is 0. The first kappa shape index (κ1) is 13.5. The van der Waals surface area contributed by atoms with E-state index in [1.807, 2.05) is 30.3 Å². The SMILES string of the molecule is O/N=C1/CCCN(Cc2cccc(O)c2)c2ccccc21. The third-order valence-corrected chi connectivity index (χ3v) is 3.80. The second-order valence-corrected chi connectivity index (χ2v) is 5.26. The highest BCUT2D eigenvalue weighted by Crippen LogP contribution is 2.28. The monoisotopic (exact) mass is 282 g/mol. The number of hydrogen-bond acceptors (Lipinski definition) is 4. The van der Waals surface area contributed by atoms with Gasteiger partial charge in [-0.15, -0.1) is 0 Å². The van der Waals surface area contributed by atoms with E-state index in [0.29, 0.717) is 0 Å². The van der Waals surface area contributed by atoms with E-state index in [4.69, 9.17) is 0 Å². The molecule has 1 aliphatic rings. The molecule has 3 rings (SSSR count). The minimum absolute atomic E-state index is 0.285. The largest absolute Gasteiger partial charge is 0.508 e. The molecule has 4 heteroatoms. The maximum atomic E-state index is 9.60. The van der Waals surface area contributed by atoms with E-state index >= 15 is 0 Å². The number of phenols is 1. The summed E-state index contributed by atoms with van der Waals surface area (Å²) in [6, 6.07) is 15.3. The summed E-state index contributed by atoms with van der Waals surface area (Å²) in [6.45, 7) is 1.62. The molecule has 0 saturated carbocycles. The number of para-hydroxylation sites is 1. The Bertz CT molecular complexity index is 667. The van der Waals surface area contributed by atoms with Crippen LogP contribution >= 0.6 is 0 Å². The van der Waals surface area contributed by atoms with Gasteiger partial charge in [0, 0.05) is 24.3 Å². The molecule has 0 aromatic heterocycles. The highest BCUT2D eigenvalue weighted by molar-refractivity contribution is 6.05. The molecule has 0 radical (unpaired) electrons. The number of rotatable bonds is 2. The van der Waals surface area contributed by atoms with Gasteiger partial charge in [-0.2, -0.15) is 0 Å². The number of phenolic OH excluding ortho intramolecular Hbond substituents is 1. The molecule has 0 atom stereocenters. The Labute approximate surface area is 124 Å². The van der Waals surface area contributed by atoms with Crippen LogP contribution < -0.4 is 4.90 Å². The van der Waals surface area contributed by atoms with E-state index in [1.54, 1.807) is 12.1 Å². The summed E-state index contributed by atoms with van der Waals surface area (Å²) in [6.07, 6.45) is 1.71. The minimum atomic E-state index is 0.285. The van der Waals surface area contributed by atoms with Crippen molar-refractivity contribution in [2.45, 2.75) is 19.4 Å². The van der Waals surface area contributed by atoms with Crippen LogP contribution in [0.2, 0.25) is 0 Å². The van der Waals surface area contributed by atoms with Crippen LogP contribution in [0.5, 0.6) is 5.75 Å². The molecule has 1 heterocycles. The summed E-state index contributed by atoms with van der Waals surface area (Å²) in [4.78, 5) is 2.27. The Balaban J connectivity index is 1.95. The Hall–Kier alpha value is -2.49. The predicted molar refractivity (Wildman–Crippen MR) is 83.2 cm³/mol. The number of fused-ring (bicyclic) bond motifs is 1. The first-order valence-corrected chi connectivity index (χ1v) is 7.11. The molecule has 0 amide bonds. The van der Waals surface area contributed by atoms with Crippen molar-refractivity contribution in [3.05, 3.63) is 59.7 Å². The van der Waals surface area contributed by atoms with Gasteiger partial charge in [0.1, 0.15) is 5.75 Å². The zero-order valence-electron chi connectivity index (χ0n) is 11.7. The first-order valence-electron chi connectivity index (χ1n) is 7.11. The number of benzene rings is 2. The minimum Gasteiger partial charge on any atom is -0.508 e. The van der Waals surface area contributed by atoms with Gasteiger partial charge in [-0.25, -0.2) is 0 Å². The van der Waals surface area contributed by atoms with Crippen LogP contribution in [0.15, 0.2) is 53.7 Å². The third-order valence-electron chi connectivity index (χ3n) is 3.80. The maximum Gasteiger partial charge on any atom is 0.115 e. The van der Waals surface area contributed by atoms with Crippen LogP contribution in [-0.4, -0.2) is 22.6 Å². The van der Waals surface area contributed by atoms with E-state index in [1.165, 1.54) is 0 Å². The lowest BCUT2D eigenvalue weighted by Gasteiger charge is -2.24. The first-order chi connectivity index (χ1) is 10.3. The topological polar surface area (TPSA) is 56.1 Å². The number of oxime groups is 1. The molecular weight excluding hydrogens is 264 g/mol. The summed E-state index contributed by atoms with van der Waals surface area (Å²) in [5, 5.41) is 22.3. The van der Waals surface area contributed by atoms with E-state index in [-0.39, 0.29) is 5.75 Å². The summed E-state index contributed by atoms with van der Waals surface area (Å²) in [5.41, 5.74) is 3.86. The van der Waals surface area contributed by atoms with Crippen molar-refractivity contribution < 1.29 is 10.3 Å². The van der Waals surface area contributed by atoms with Crippen molar-refractivity contribution >= 4 is 11.4 Å². The average molecular weight is 282 g/mol. The van der Waals surface area contributed by atoms with Crippen LogP contribution in [0.4, 0.5) is 5.69 Å². The van der Waals surface area contributed by atoms with Crippen molar-refractivity contribution in [1.29, 1.82) is 0 Å². The lowest BCUT2D eigenvalue weighted by molar-refractivity contribution is 0.318. The van der Waals surface area contributed by atoms with Gasteiger partial charge in [-0.05, 0) is 36.6 Å². The fourth-order valence-electron chi connectivity index (χ4n) is 2.83. The van der Waals surface area contributed by atoms with Crippen LogP contribution in [0.25, 0.3) is 0 Å². The van der Waals surface area contributed by atoms with Crippen LogP contribution in [0.3, 0.4) is 0 Å². The molecule has 0 bridgehead atoms. The molecule has 0 aliphatic carbocycles. The average Bonchev–Trinajstić information content (AvgIpc) is 2.67. The summed E-state index contributed by atoms with van der Waals surface area (Å²) in [5.74, 6) is 0.285. The van der Waals surface area contributed by atoms with Crippen molar-refractivity contribution in [3.63, 3.8) is 0 Å². The Morgan fingerprint density at radius 3 is 2.76 bits per heavy atom. The number of hydrogen-bond donors (Lipinski definition) is 2. The standard InChI is InChI=1S/C17H18N2O2/c20-14-6-3-5-13(11-14)12-19-10-4-8-16(18-21)15-7-1-2-9-17(15)19/h1-3,5-7,9,11,20-21H,4,8,10,12H2/b18-16-. The van der Waals surface area contributed by atoms with Crippen LogP contribution in [-0.2, 0) is 6.54 Å². The smallest absolute Gasteiger partial charge is 0.115 e. The fraction of sp³-hybridized carbons (Fsp3) is 0.235. The molecular formula is C17H18N2O2. The number of anilines is 1. The second kappa shape index (κ2) is 5.87. The van der Waals surface area contributed by atoms with Crippen molar-refractivity contribution in [2.75, 3.05) is 11.4 Å². The molecule has 1 aliphatic heterocycles. The lowest BCUT2D eigenvalue weighted by Crippen LogP contribution is -2.23. The van der Waals surface area contributed by atoms with E-state index in [2.05, 4.69) is 16.1 Å². The highest BCUT2D eigenvalue weighted by Gasteiger charge is 2.19. The van der Waals surface area contributed by atoms with Crippen molar-refractivity contribution in [2.24, 2.45) is 5.16 Å². The molecule has 0 unspecified atom stereocenters. The number of nitrogens with zero attached hydrogens (tertiary/aromatic N) is 2. The van der Waals surface area contributed by atoms with Gasteiger partial charge in [0.25, 0.3) is 0 Å². The Morgan fingerprint density at radius 1 is 1.10 bits per heavy atom. The molecule has 21 heavy (non-hydrogen) atoms. The molecule has 2 aromatic carbocycles. The van der Waals surface area contributed by atoms with Gasteiger partial charge in [0.15, 0.2) is 0 Å². The summed E-state index contributed by atoms with van der Waals surface area (Å²) < 4.78 is 0. The third kappa shape index (κ3) is 2.84. The van der Waals surface area contributed by atoms with E-state index < -0.39 is 0 Å². The van der Waals surface area contributed by atoms with Gasteiger partial charge in [0.2, 0.25) is 0 Å². The van der Waals surface area contributed by atoms with Gasteiger partial charge >= 0.3 is 0 Å². The normalized spacial score (nSPS) is 16.6. The lowest BCUT2D eigenvalue weighted by atomic mass is 10.1. The van der Waals surface area contributed by atoms with E-state index in [0.717, 1.165) is 48.5 Å². The molecule has 0 spiro atoms. The molecule has 2 aromatic rings. The predicted octanol–water partition coefficient (Wildman–Crippen LogP) is 3.37. The second-order valence-electron chi connectivity index (χ2n) is 5.26. The molecule has 0 saturated heterocycles. The zero-order chi connectivity index (χ0) is 14.7. The molecule has 108 valence electrons. The van der Waals surface area contributed by atoms with Crippen LogP contribution in [0.1, 0.15) is 24.0 Å². The number of aromatic hydroxyl groups is 1. The highest BCUT2D eigenvalue weighted by atomic mass is 16.4. The van der Waals surface area contributed by atoms with Crippen molar-refractivity contribution in [3.8, 4) is 5.75 Å². The fourth-order valence-corrected chi connectivity index (χ4v) is 2.83. The Morgan fingerprint density at radius 2 is 1.95 bits per heavy atom. The summed E-state index contributed by atoms with van der Waals surface area (Å²) >= 11 is 0. The van der Waals surface area contributed by atoms with Gasteiger partial charge < -0.3 is 15.2 Å². The Kier molecular flexibility index (Phi) is 3.77. The van der Waals surface area contributed by atoms with Gasteiger partial charge in [-0.1, -0.05) is 35.5 Å². The van der Waals surface area contributed by atoms with Gasteiger partial charge in [-0.3, -0.25) is 0 Å². The van der Waals surface area contributed by atoms with Crippen LogP contribution in [0, 0.1) is 0 Å². The molecule has 4 nitrogen and oxygen atoms in total. The van der Waals surface area contributed by atoms with Crippen molar-refractivity contribution in [1.82, 2.24) is 0 Å². The zero-order valence-corrected chi connectivity index (χ0v) is 11.7. The molecule has 2 N–H and O–H groups in total.